The zero-order chi connectivity index (χ0) is 19.4. The van der Waals surface area contributed by atoms with Gasteiger partial charge in [0, 0.05) is 25.1 Å². The number of amides is 1. The second-order valence-electron chi connectivity index (χ2n) is 6.74. The van der Waals surface area contributed by atoms with Gasteiger partial charge in [-0.15, -0.1) is 0 Å². The average Bonchev–Trinajstić information content (AvgIpc) is 3.33. The minimum atomic E-state index is -0.899. The van der Waals surface area contributed by atoms with Crippen molar-refractivity contribution in [1.29, 1.82) is 0 Å². The minimum absolute atomic E-state index is 0.00873. The van der Waals surface area contributed by atoms with Gasteiger partial charge in [-0.1, -0.05) is 5.16 Å². The molecule has 1 amide bonds. The highest BCUT2D eigenvalue weighted by Gasteiger charge is 2.36. The summed E-state index contributed by atoms with van der Waals surface area (Å²) in [5.41, 5.74) is 0.188. The number of carbonyl (C=O) groups is 2. The maximum absolute atomic E-state index is 13.9. The first-order valence-electron chi connectivity index (χ1n) is 9.10. The third kappa shape index (κ3) is 5.02. The molecule has 1 aromatic rings. The molecule has 0 radical (unpaired) electrons. The molecule has 1 aliphatic carbocycles. The first kappa shape index (κ1) is 19.3. The van der Waals surface area contributed by atoms with Crippen LogP contribution in [0.15, 0.2) is 23.4 Å². The topological polar surface area (TPSA) is 68.2 Å². The van der Waals surface area contributed by atoms with Gasteiger partial charge in [0.15, 0.2) is 0 Å². The molecule has 2 aliphatic rings. The van der Waals surface area contributed by atoms with Crippen LogP contribution in [0.2, 0.25) is 0 Å². The first-order valence-corrected chi connectivity index (χ1v) is 9.10. The van der Waals surface area contributed by atoms with E-state index in [1.54, 1.807) is 11.8 Å². The molecular formula is C19H22F2N2O4. The zero-order valence-electron chi connectivity index (χ0n) is 15.1. The van der Waals surface area contributed by atoms with Crippen molar-refractivity contribution < 1.29 is 27.9 Å². The lowest BCUT2D eigenvalue weighted by Crippen LogP contribution is -2.41. The van der Waals surface area contributed by atoms with Gasteiger partial charge in [0.05, 0.1) is 18.7 Å². The van der Waals surface area contributed by atoms with Crippen LogP contribution >= 0.6 is 0 Å². The lowest BCUT2D eigenvalue weighted by atomic mass is 10.0. The van der Waals surface area contributed by atoms with Gasteiger partial charge < -0.3 is 14.5 Å². The van der Waals surface area contributed by atoms with Crippen LogP contribution in [-0.2, 0) is 19.2 Å². The second-order valence-corrected chi connectivity index (χ2v) is 6.74. The lowest BCUT2D eigenvalue weighted by Gasteiger charge is -2.24. The summed E-state index contributed by atoms with van der Waals surface area (Å²) < 4.78 is 32.2. The van der Waals surface area contributed by atoms with Crippen LogP contribution in [-0.4, -0.2) is 48.3 Å². The van der Waals surface area contributed by atoms with Gasteiger partial charge in [-0.25, -0.2) is 8.78 Å². The van der Waals surface area contributed by atoms with Crippen LogP contribution in [0.25, 0.3) is 0 Å². The summed E-state index contributed by atoms with van der Waals surface area (Å²) in [6.45, 7) is 2.79. The molecule has 1 saturated carbocycles. The number of benzene rings is 1. The summed E-state index contributed by atoms with van der Waals surface area (Å²) in [6.07, 6.45) is 1.35. The molecule has 3 rings (SSSR count). The van der Waals surface area contributed by atoms with E-state index >= 15 is 0 Å². The summed E-state index contributed by atoms with van der Waals surface area (Å²) in [6, 6.07) is 3.07. The van der Waals surface area contributed by atoms with Gasteiger partial charge in [0.1, 0.15) is 11.6 Å². The number of esters is 1. The standard InChI is InChI=1S/C19H22F2N2O4/c1-2-26-18(24)7-8-23(11-12-3-4-12)19(25)17-10-16(22-27-17)14-9-13(20)5-6-15(14)21/h5-6,9,12,17H,2-4,7-8,10-11H2,1H3. The fourth-order valence-corrected chi connectivity index (χ4v) is 2.95. The molecule has 8 heteroatoms. The Kier molecular flexibility index (Phi) is 6.03. The van der Waals surface area contributed by atoms with E-state index in [4.69, 9.17) is 9.57 Å². The van der Waals surface area contributed by atoms with Gasteiger partial charge >= 0.3 is 5.97 Å². The fraction of sp³-hybridized carbons (Fsp3) is 0.526. The third-order valence-electron chi connectivity index (χ3n) is 4.56. The maximum atomic E-state index is 13.9. The number of oxime groups is 1. The van der Waals surface area contributed by atoms with E-state index in [-0.39, 0.29) is 49.1 Å². The average molecular weight is 380 g/mol. The summed E-state index contributed by atoms with van der Waals surface area (Å²) in [4.78, 5) is 31.2. The number of hydrogen-bond acceptors (Lipinski definition) is 5. The Bertz CT molecular complexity index is 749. The van der Waals surface area contributed by atoms with Crippen molar-refractivity contribution in [3.8, 4) is 0 Å². The number of nitrogens with zero attached hydrogens (tertiary/aromatic N) is 2. The molecule has 146 valence electrons. The summed E-state index contributed by atoms with van der Waals surface area (Å²) >= 11 is 0. The van der Waals surface area contributed by atoms with E-state index in [0.717, 1.165) is 31.0 Å². The minimum Gasteiger partial charge on any atom is -0.466 e. The summed E-state index contributed by atoms with van der Waals surface area (Å²) in [5, 5.41) is 3.78. The molecule has 0 spiro atoms. The molecule has 1 aliphatic heterocycles. The van der Waals surface area contributed by atoms with Gasteiger partial charge in [0.25, 0.3) is 5.91 Å². The number of halogens is 2. The number of ether oxygens (including phenoxy) is 1. The number of carbonyl (C=O) groups excluding carboxylic acids is 2. The quantitative estimate of drug-likeness (QED) is 0.651. The number of rotatable bonds is 8. The second kappa shape index (κ2) is 8.45. The monoisotopic (exact) mass is 380 g/mol. The van der Waals surface area contributed by atoms with Crippen molar-refractivity contribution in [3.63, 3.8) is 0 Å². The van der Waals surface area contributed by atoms with E-state index in [1.165, 1.54) is 0 Å². The normalized spacial score (nSPS) is 18.6. The SMILES string of the molecule is CCOC(=O)CCN(CC1CC1)C(=O)C1CC(c2cc(F)ccc2F)=NO1. The Morgan fingerprint density at radius 2 is 2.11 bits per heavy atom. The molecule has 1 atom stereocenters. The predicted octanol–water partition coefficient (Wildman–Crippen LogP) is 2.65. The Morgan fingerprint density at radius 1 is 1.33 bits per heavy atom. The molecule has 0 saturated heterocycles. The van der Waals surface area contributed by atoms with Crippen LogP contribution in [0.4, 0.5) is 8.78 Å². The van der Waals surface area contributed by atoms with Crippen molar-refractivity contribution in [1.82, 2.24) is 4.90 Å². The fourth-order valence-electron chi connectivity index (χ4n) is 2.95. The maximum Gasteiger partial charge on any atom is 0.307 e. The van der Waals surface area contributed by atoms with Crippen LogP contribution < -0.4 is 0 Å². The molecule has 0 bridgehead atoms. The molecule has 1 heterocycles. The Balaban J connectivity index is 1.62. The molecule has 1 aromatic carbocycles. The van der Waals surface area contributed by atoms with E-state index in [1.807, 2.05) is 0 Å². The van der Waals surface area contributed by atoms with Crippen molar-refractivity contribution in [3.05, 3.63) is 35.4 Å². The van der Waals surface area contributed by atoms with E-state index in [0.29, 0.717) is 12.5 Å². The smallest absolute Gasteiger partial charge is 0.307 e. The lowest BCUT2D eigenvalue weighted by molar-refractivity contribution is -0.146. The molecule has 6 nitrogen and oxygen atoms in total. The molecule has 0 N–H and O–H groups in total. The highest BCUT2D eigenvalue weighted by molar-refractivity contribution is 6.04. The van der Waals surface area contributed by atoms with Gasteiger partial charge in [0.2, 0.25) is 6.10 Å². The Morgan fingerprint density at radius 3 is 2.81 bits per heavy atom. The molecule has 0 aromatic heterocycles. The largest absolute Gasteiger partial charge is 0.466 e. The predicted molar refractivity (Wildman–Crippen MR) is 92.9 cm³/mol. The van der Waals surface area contributed by atoms with Gasteiger partial charge in [-0.05, 0) is 43.9 Å². The molecular weight excluding hydrogens is 358 g/mol. The molecule has 1 unspecified atom stereocenters. The zero-order valence-corrected chi connectivity index (χ0v) is 15.1. The van der Waals surface area contributed by atoms with Crippen molar-refractivity contribution in [2.75, 3.05) is 19.7 Å². The van der Waals surface area contributed by atoms with Crippen molar-refractivity contribution >= 4 is 17.6 Å². The van der Waals surface area contributed by atoms with Crippen molar-refractivity contribution in [2.45, 2.75) is 38.7 Å². The van der Waals surface area contributed by atoms with Crippen LogP contribution in [0.1, 0.15) is 38.2 Å². The van der Waals surface area contributed by atoms with Gasteiger partial charge in [-0.3, -0.25) is 9.59 Å². The summed E-state index contributed by atoms with van der Waals surface area (Å²) in [5.74, 6) is -1.45. The van der Waals surface area contributed by atoms with Crippen LogP contribution in [0, 0.1) is 17.6 Å². The number of hydrogen-bond donors (Lipinski definition) is 0. The molecule has 1 fully saturated rings. The van der Waals surface area contributed by atoms with Crippen LogP contribution in [0.5, 0.6) is 0 Å². The molecule has 27 heavy (non-hydrogen) atoms. The van der Waals surface area contributed by atoms with Crippen molar-refractivity contribution in [2.24, 2.45) is 11.1 Å². The Hall–Kier alpha value is -2.51. The van der Waals surface area contributed by atoms with E-state index in [9.17, 15) is 18.4 Å². The van der Waals surface area contributed by atoms with Gasteiger partial charge in [-0.2, -0.15) is 0 Å². The van der Waals surface area contributed by atoms with Crippen LogP contribution in [0.3, 0.4) is 0 Å². The highest BCUT2D eigenvalue weighted by atomic mass is 19.1. The Labute approximate surface area is 156 Å². The summed E-state index contributed by atoms with van der Waals surface area (Å²) in [7, 11) is 0. The third-order valence-corrected chi connectivity index (χ3v) is 4.56. The highest BCUT2D eigenvalue weighted by Crippen LogP contribution is 2.30. The van der Waals surface area contributed by atoms with E-state index in [2.05, 4.69) is 5.16 Å². The van der Waals surface area contributed by atoms with E-state index < -0.39 is 17.7 Å². The first-order chi connectivity index (χ1) is 13.0.